The second-order valence-corrected chi connectivity index (χ2v) is 4.77. The molecule has 4 nitrogen and oxygen atoms in total. The number of carbonyl (C=O) groups is 2. The number of carbonyl (C=O) groups excluding carboxylic acids is 1. The van der Waals surface area contributed by atoms with Gasteiger partial charge in [0.05, 0.1) is 0 Å². The first-order chi connectivity index (χ1) is 8.58. The Bertz CT molecular complexity index is 434. The van der Waals surface area contributed by atoms with Crippen LogP contribution in [0.4, 0.5) is 0 Å². The minimum Gasteiger partial charge on any atom is -0.480 e. The third kappa shape index (κ3) is 4.07. The van der Waals surface area contributed by atoms with E-state index in [0.29, 0.717) is 12.0 Å². The molecule has 0 bridgehead atoms. The second kappa shape index (κ2) is 7.06. The summed E-state index contributed by atoms with van der Waals surface area (Å²) in [6.45, 7) is 1.73. The smallest absolute Gasteiger partial charge is 0.326 e. The quantitative estimate of drug-likeness (QED) is 0.828. The Morgan fingerprint density at radius 3 is 2.72 bits per heavy atom. The summed E-state index contributed by atoms with van der Waals surface area (Å²) < 4.78 is 0. The van der Waals surface area contributed by atoms with E-state index in [1.54, 1.807) is 30.8 Å². The van der Waals surface area contributed by atoms with Crippen LogP contribution in [0.15, 0.2) is 24.3 Å². The van der Waals surface area contributed by atoms with Gasteiger partial charge in [-0.1, -0.05) is 19.1 Å². The molecule has 18 heavy (non-hydrogen) atoms. The number of benzene rings is 1. The second-order valence-electron chi connectivity index (χ2n) is 3.91. The van der Waals surface area contributed by atoms with Gasteiger partial charge in [0.2, 0.25) is 0 Å². The van der Waals surface area contributed by atoms with Crippen LogP contribution >= 0.6 is 11.8 Å². The predicted molar refractivity (Wildman–Crippen MR) is 72.8 cm³/mol. The first-order valence-electron chi connectivity index (χ1n) is 5.70. The molecule has 2 N–H and O–H groups in total. The average Bonchev–Trinajstić information content (AvgIpc) is 2.36. The molecule has 1 amide bonds. The van der Waals surface area contributed by atoms with Crippen LogP contribution in [0.1, 0.15) is 29.3 Å². The van der Waals surface area contributed by atoms with E-state index >= 15 is 0 Å². The Labute approximate surface area is 111 Å². The molecule has 0 saturated heterocycles. The monoisotopic (exact) mass is 267 g/mol. The van der Waals surface area contributed by atoms with Crippen molar-refractivity contribution in [2.24, 2.45) is 0 Å². The molecule has 1 aromatic rings. The first kappa shape index (κ1) is 14.6. The third-order valence-electron chi connectivity index (χ3n) is 2.51. The van der Waals surface area contributed by atoms with Crippen LogP contribution in [0, 0.1) is 0 Å². The van der Waals surface area contributed by atoms with Gasteiger partial charge in [-0.05, 0) is 30.4 Å². The molecule has 0 aliphatic rings. The number of amides is 1. The number of hydrogen-bond acceptors (Lipinski definition) is 3. The summed E-state index contributed by atoms with van der Waals surface area (Å²) in [5, 5.41) is 11.4. The summed E-state index contributed by atoms with van der Waals surface area (Å²) >= 11 is 1.67. The van der Waals surface area contributed by atoms with Gasteiger partial charge in [-0.15, -0.1) is 0 Å². The van der Waals surface area contributed by atoms with Gasteiger partial charge in [-0.2, -0.15) is 11.8 Å². The van der Waals surface area contributed by atoms with Crippen molar-refractivity contribution in [3.05, 3.63) is 35.4 Å². The number of aliphatic carboxylic acids is 1. The molecule has 98 valence electrons. The summed E-state index contributed by atoms with van der Waals surface area (Å²) in [6.07, 6.45) is 2.36. The average molecular weight is 267 g/mol. The Kier molecular flexibility index (Phi) is 5.71. The molecule has 0 fully saturated rings. The van der Waals surface area contributed by atoms with Crippen LogP contribution in [0.2, 0.25) is 0 Å². The van der Waals surface area contributed by atoms with Crippen LogP contribution in [0.3, 0.4) is 0 Å². The van der Waals surface area contributed by atoms with Gasteiger partial charge in [0.15, 0.2) is 0 Å². The minimum absolute atomic E-state index is 0.341. The van der Waals surface area contributed by atoms with Crippen molar-refractivity contribution in [1.82, 2.24) is 5.32 Å². The number of carboxylic acids is 1. The zero-order chi connectivity index (χ0) is 13.5. The van der Waals surface area contributed by atoms with E-state index in [2.05, 4.69) is 5.32 Å². The molecular weight excluding hydrogens is 250 g/mol. The first-order valence-corrected chi connectivity index (χ1v) is 7.09. The van der Waals surface area contributed by atoms with Gasteiger partial charge in [0, 0.05) is 11.3 Å². The van der Waals surface area contributed by atoms with Crippen molar-refractivity contribution in [2.75, 3.05) is 6.26 Å². The van der Waals surface area contributed by atoms with E-state index in [0.717, 1.165) is 11.3 Å². The number of rotatable bonds is 6. The van der Waals surface area contributed by atoms with Crippen LogP contribution in [0.25, 0.3) is 0 Å². The van der Waals surface area contributed by atoms with E-state index in [1.807, 2.05) is 18.4 Å². The van der Waals surface area contributed by atoms with Crippen molar-refractivity contribution < 1.29 is 14.7 Å². The van der Waals surface area contributed by atoms with Crippen molar-refractivity contribution in [2.45, 2.75) is 25.1 Å². The van der Waals surface area contributed by atoms with Crippen LogP contribution in [-0.4, -0.2) is 29.3 Å². The van der Waals surface area contributed by atoms with Crippen LogP contribution < -0.4 is 5.32 Å². The summed E-state index contributed by atoms with van der Waals surface area (Å²) in [7, 11) is 0. The lowest BCUT2D eigenvalue weighted by Crippen LogP contribution is -2.40. The van der Waals surface area contributed by atoms with Crippen molar-refractivity contribution in [3.8, 4) is 0 Å². The minimum atomic E-state index is -1.01. The normalized spacial score (nSPS) is 11.9. The highest BCUT2D eigenvalue weighted by Gasteiger charge is 2.18. The lowest BCUT2D eigenvalue weighted by molar-refractivity contribution is -0.139. The molecule has 0 radical (unpaired) electrons. The lowest BCUT2D eigenvalue weighted by Gasteiger charge is -2.12. The topological polar surface area (TPSA) is 66.4 Å². The van der Waals surface area contributed by atoms with E-state index in [4.69, 9.17) is 5.11 Å². The highest BCUT2D eigenvalue weighted by Crippen LogP contribution is 2.11. The van der Waals surface area contributed by atoms with Gasteiger partial charge in [-0.25, -0.2) is 4.79 Å². The maximum Gasteiger partial charge on any atom is 0.326 e. The molecule has 0 saturated carbocycles. The highest BCUT2D eigenvalue weighted by molar-refractivity contribution is 7.97. The third-order valence-corrected chi connectivity index (χ3v) is 3.13. The number of hydrogen-bond donors (Lipinski definition) is 2. The Balaban J connectivity index is 2.77. The fraction of sp³-hybridized carbons (Fsp3) is 0.385. The number of thioether (sulfide) groups is 1. The fourth-order valence-electron chi connectivity index (χ4n) is 1.55. The molecule has 0 spiro atoms. The Morgan fingerprint density at radius 1 is 1.44 bits per heavy atom. The van der Waals surface area contributed by atoms with Gasteiger partial charge in [0.1, 0.15) is 6.04 Å². The summed E-state index contributed by atoms with van der Waals surface area (Å²) in [5.41, 5.74) is 1.56. The van der Waals surface area contributed by atoms with Crippen LogP contribution in [0.5, 0.6) is 0 Å². The van der Waals surface area contributed by atoms with Crippen molar-refractivity contribution >= 4 is 23.6 Å². The van der Waals surface area contributed by atoms with Gasteiger partial charge < -0.3 is 10.4 Å². The maximum atomic E-state index is 11.9. The van der Waals surface area contributed by atoms with E-state index < -0.39 is 12.0 Å². The molecule has 0 aromatic heterocycles. The summed E-state index contributed by atoms with van der Waals surface area (Å²) in [5.74, 6) is -0.518. The molecule has 0 aliphatic carbocycles. The van der Waals surface area contributed by atoms with E-state index in [-0.39, 0.29) is 5.91 Å². The Hall–Kier alpha value is -1.49. The van der Waals surface area contributed by atoms with Crippen molar-refractivity contribution in [1.29, 1.82) is 0 Å². The van der Waals surface area contributed by atoms with E-state index in [1.165, 1.54) is 0 Å². The molecule has 1 aromatic carbocycles. The number of carboxylic acid groups (broad SMARTS) is 1. The number of nitrogens with one attached hydrogen (secondary N) is 1. The zero-order valence-electron chi connectivity index (χ0n) is 10.5. The Morgan fingerprint density at radius 2 is 2.17 bits per heavy atom. The molecule has 0 heterocycles. The molecule has 1 unspecified atom stereocenters. The predicted octanol–water partition coefficient (Wildman–Crippen LogP) is 2.14. The lowest BCUT2D eigenvalue weighted by atomic mass is 10.1. The van der Waals surface area contributed by atoms with Gasteiger partial charge >= 0.3 is 5.97 Å². The standard InChI is InChI=1S/C13H17NO3S/c1-3-11(13(16)17)14-12(15)10-6-4-5-9(7-10)8-18-2/h4-7,11H,3,8H2,1-2H3,(H,14,15)(H,16,17). The molecular formula is C13H17NO3S. The largest absolute Gasteiger partial charge is 0.480 e. The maximum absolute atomic E-state index is 11.9. The van der Waals surface area contributed by atoms with Gasteiger partial charge in [-0.3, -0.25) is 4.79 Å². The molecule has 1 rings (SSSR count). The van der Waals surface area contributed by atoms with Crippen LogP contribution in [-0.2, 0) is 10.5 Å². The van der Waals surface area contributed by atoms with Gasteiger partial charge in [0.25, 0.3) is 5.91 Å². The molecule has 1 atom stereocenters. The summed E-state index contributed by atoms with van der Waals surface area (Å²) in [6, 6.07) is 6.40. The van der Waals surface area contributed by atoms with E-state index in [9.17, 15) is 9.59 Å². The molecule has 0 aliphatic heterocycles. The zero-order valence-corrected chi connectivity index (χ0v) is 11.3. The molecule has 5 heteroatoms. The summed E-state index contributed by atoms with van der Waals surface area (Å²) in [4.78, 5) is 22.7. The van der Waals surface area contributed by atoms with Crippen molar-refractivity contribution in [3.63, 3.8) is 0 Å². The fourth-order valence-corrected chi connectivity index (χ4v) is 2.06. The highest BCUT2D eigenvalue weighted by atomic mass is 32.2. The SMILES string of the molecule is CCC(NC(=O)c1cccc(CSC)c1)C(=O)O.